The average Bonchev–Trinajstić information content (AvgIpc) is 2.85. The van der Waals surface area contributed by atoms with Gasteiger partial charge in [0.25, 0.3) is 0 Å². The molecule has 0 spiro atoms. The van der Waals surface area contributed by atoms with Crippen molar-refractivity contribution in [1.82, 2.24) is 0 Å². The maximum atomic E-state index is 5.84. The highest BCUT2D eigenvalue weighted by Gasteiger charge is 2.41. The lowest BCUT2D eigenvalue weighted by atomic mass is 9.58. The topological polar surface area (TPSA) is 9.23 Å². The van der Waals surface area contributed by atoms with Crippen LogP contribution in [-0.4, -0.2) is 13.2 Å². The molecule has 32 heavy (non-hydrogen) atoms. The lowest BCUT2D eigenvalue weighted by Crippen LogP contribution is -2.37. The third-order valence-corrected chi connectivity index (χ3v) is 9.91. The van der Waals surface area contributed by atoms with Crippen molar-refractivity contribution in [1.29, 1.82) is 0 Å². The highest BCUT2D eigenvalue weighted by Crippen LogP contribution is 2.53. The molecule has 3 fully saturated rings. The molecule has 0 heterocycles. The van der Waals surface area contributed by atoms with Crippen LogP contribution in [0.15, 0.2) is 12.7 Å². The van der Waals surface area contributed by atoms with Crippen molar-refractivity contribution in [2.75, 3.05) is 13.2 Å². The first-order valence-electron chi connectivity index (χ1n) is 15.0. The van der Waals surface area contributed by atoms with Gasteiger partial charge in [-0.15, -0.1) is 6.58 Å². The lowest BCUT2D eigenvalue weighted by molar-refractivity contribution is 0.0127. The molecule has 0 aromatic rings. The Labute approximate surface area is 201 Å². The van der Waals surface area contributed by atoms with E-state index in [1.54, 1.807) is 0 Å². The predicted octanol–water partition coefficient (Wildman–Crippen LogP) is 9.89. The van der Waals surface area contributed by atoms with E-state index in [4.69, 9.17) is 4.74 Å². The van der Waals surface area contributed by atoms with Crippen LogP contribution in [0.5, 0.6) is 0 Å². The molecule has 0 aromatic heterocycles. The molecule has 0 amide bonds. The zero-order valence-corrected chi connectivity index (χ0v) is 21.8. The average molecular weight is 445 g/mol. The molecule has 0 bridgehead atoms. The molecule has 0 aromatic carbocycles. The number of ether oxygens (including phenoxy) is 1. The normalized spacial score (nSPS) is 29.1. The van der Waals surface area contributed by atoms with E-state index in [1.807, 2.05) is 6.08 Å². The summed E-state index contributed by atoms with van der Waals surface area (Å²) in [7, 11) is 0. The van der Waals surface area contributed by atoms with E-state index < -0.39 is 0 Å². The lowest BCUT2D eigenvalue weighted by Gasteiger charge is -2.48. The summed E-state index contributed by atoms with van der Waals surface area (Å²) in [6.45, 7) is 7.86. The van der Waals surface area contributed by atoms with E-state index in [0.29, 0.717) is 5.41 Å². The summed E-state index contributed by atoms with van der Waals surface area (Å²) < 4.78 is 5.84. The van der Waals surface area contributed by atoms with Gasteiger partial charge in [-0.3, -0.25) is 0 Å². The van der Waals surface area contributed by atoms with Gasteiger partial charge in [0.15, 0.2) is 0 Å². The molecule has 0 aliphatic heterocycles. The van der Waals surface area contributed by atoms with Crippen molar-refractivity contribution in [3.63, 3.8) is 0 Å². The summed E-state index contributed by atoms with van der Waals surface area (Å²) in [6.07, 6.45) is 33.3. The fourth-order valence-electron chi connectivity index (χ4n) is 7.91. The zero-order valence-electron chi connectivity index (χ0n) is 21.8. The van der Waals surface area contributed by atoms with Crippen molar-refractivity contribution in [2.24, 2.45) is 29.1 Å². The molecule has 3 rings (SSSR count). The fraction of sp³-hybridized carbons (Fsp3) is 0.935. The molecule has 0 saturated heterocycles. The molecule has 186 valence electrons. The summed E-state index contributed by atoms with van der Waals surface area (Å²) >= 11 is 0. The number of rotatable bonds is 14. The Balaban J connectivity index is 1.54. The Bertz CT molecular complexity index is 477. The Morgan fingerprint density at radius 1 is 0.844 bits per heavy atom. The summed E-state index contributed by atoms with van der Waals surface area (Å²) in [5.74, 6) is 3.92. The zero-order chi connectivity index (χ0) is 22.5. The van der Waals surface area contributed by atoms with E-state index in [9.17, 15) is 0 Å². The quantitative estimate of drug-likeness (QED) is 0.191. The minimum Gasteiger partial charge on any atom is -0.377 e. The van der Waals surface area contributed by atoms with Crippen LogP contribution in [0.3, 0.4) is 0 Å². The van der Waals surface area contributed by atoms with Crippen LogP contribution in [0.25, 0.3) is 0 Å². The highest BCUT2D eigenvalue weighted by molar-refractivity contribution is 4.92. The first-order chi connectivity index (χ1) is 15.8. The van der Waals surface area contributed by atoms with Crippen LogP contribution in [0.4, 0.5) is 0 Å². The number of hydrogen-bond acceptors (Lipinski definition) is 1. The second-order valence-corrected chi connectivity index (χ2v) is 12.0. The standard InChI is InChI=1S/C31H56O/c1-3-5-8-14-29(28-15-9-6-10-16-28)17-13-22-31(30-18-11-7-12-19-30)23-20-27(21-24-31)26-32-25-4-2/h4,27-30H,2-3,5-26H2,1H3/t27-,29?,31+. The third kappa shape index (κ3) is 8.18. The van der Waals surface area contributed by atoms with Gasteiger partial charge >= 0.3 is 0 Å². The Morgan fingerprint density at radius 2 is 1.50 bits per heavy atom. The van der Waals surface area contributed by atoms with Gasteiger partial charge in [0, 0.05) is 6.61 Å². The summed E-state index contributed by atoms with van der Waals surface area (Å²) in [5, 5.41) is 0. The molecule has 3 aliphatic rings. The SMILES string of the molecule is C=CCOC[C@H]1CC[C@@](CCCC(CCCCC)C2CCCCC2)(C2CCCCC2)CC1. The molecular weight excluding hydrogens is 388 g/mol. The van der Waals surface area contributed by atoms with E-state index in [-0.39, 0.29) is 0 Å². The van der Waals surface area contributed by atoms with E-state index >= 15 is 0 Å². The second-order valence-electron chi connectivity index (χ2n) is 12.0. The maximum Gasteiger partial charge on any atom is 0.0644 e. The van der Waals surface area contributed by atoms with Gasteiger partial charge < -0.3 is 4.74 Å². The molecule has 0 N–H and O–H groups in total. The summed E-state index contributed by atoms with van der Waals surface area (Å²) in [6, 6.07) is 0. The second kappa shape index (κ2) is 14.9. The summed E-state index contributed by atoms with van der Waals surface area (Å²) in [4.78, 5) is 0. The maximum absolute atomic E-state index is 5.84. The molecule has 1 atom stereocenters. The molecule has 0 radical (unpaired) electrons. The smallest absolute Gasteiger partial charge is 0.0644 e. The number of hydrogen-bond donors (Lipinski definition) is 0. The van der Waals surface area contributed by atoms with Crippen LogP contribution < -0.4 is 0 Å². The third-order valence-electron chi connectivity index (χ3n) is 9.91. The first-order valence-corrected chi connectivity index (χ1v) is 15.0. The van der Waals surface area contributed by atoms with E-state index in [0.717, 1.165) is 36.9 Å². The summed E-state index contributed by atoms with van der Waals surface area (Å²) in [5.41, 5.74) is 0.676. The predicted molar refractivity (Wildman–Crippen MR) is 140 cm³/mol. The van der Waals surface area contributed by atoms with Crippen LogP contribution in [0.2, 0.25) is 0 Å². The molecule has 1 unspecified atom stereocenters. The van der Waals surface area contributed by atoms with Gasteiger partial charge in [0.05, 0.1) is 6.61 Å². The van der Waals surface area contributed by atoms with Crippen molar-refractivity contribution in [3.8, 4) is 0 Å². The van der Waals surface area contributed by atoms with Gasteiger partial charge in [-0.2, -0.15) is 0 Å². The van der Waals surface area contributed by atoms with Crippen LogP contribution in [0.1, 0.15) is 142 Å². The largest absolute Gasteiger partial charge is 0.377 e. The van der Waals surface area contributed by atoms with Gasteiger partial charge in [-0.1, -0.05) is 103 Å². The molecule has 1 nitrogen and oxygen atoms in total. The molecule has 1 heteroatoms. The van der Waals surface area contributed by atoms with Gasteiger partial charge in [-0.05, 0) is 74.0 Å². The van der Waals surface area contributed by atoms with Crippen molar-refractivity contribution in [2.45, 2.75) is 142 Å². The molecule has 3 aliphatic carbocycles. The van der Waals surface area contributed by atoms with Gasteiger partial charge in [0.1, 0.15) is 0 Å². The van der Waals surface area contributed by atoms with Crippen molar-refractivity contribution < 1.29 is 4.74 Å². The Hall–Kier alpha value is -0.300. The molecule has 3 saturated carbocycles. The minimum atomic E-state index is 0.676. The van der Waals surface area contributed by atoms with Crippen LogP contribution in [0, 0.1) is 29.1 Å². The van der Waals surface area contributed by atoms with Gasteiger partial charge in [-0.25, -0.2) is 0 Å². The Kier molecular flexibility index (Phi) is 12.2. The van der Waals surface area contributed by atoms with Crippen LogP contribution >= 0.6 is 0 Å². The first kappa shape index (κ1) is 26.3. The monoisotopic (exact) mass is 444 g/mol. The fourth-order valence-corrected chi connectivity index (χ4v) is 7.91. The van der Waals surface area contributed by atoms with E-state index in [2.05, 4.69) is 13.5 Å². The number of unbranched alkanes of at least 4 members (excludes halogenated alkanes) is 2. The minimum absolute atomic E-state index is 0.676. The Morgan fingerprint density at radius 3 is 2.16 bits per heavy atom. The van der Waals surface area contributed by atoms with E-state index in [1.165, 1.54) is 135 Å². The van der Waals surface area contributed by atoms with Crippen molar-refractivity contribution >= 4 is 0 Å². The van der Waals surface area contributed by atoms with Crippen LogP contribution in [-0.2, 0) is 4.74 Å². The molecular formula is C31H56O. The highest BCUT2D eigenvalue weighted by atomic mass is 16.5. The van der Waals surface area contributed by atoms with Gasteiger partial charge in [0.2, 0.25) is 0 Å². The van der Waals surface area contributed by atoms with Crippen molar-refractivity contribution in [3.05, 3.63) is 12.7 Å².